The number of aromatic nitrogens is 3. The van der Waals surface area contributed by atoms with Crippen LogP contribution in [0.25, 0.3) is 22.3 Å². The Morgan fingerprint density at radius 3 is 2.36 bits per heavy atom. The number of hydrogen-bond donors (Lipinski definition) is 2. The van der Waals surface area contributed by atoms with Crippen molar-refractivity contribution >= 4 is 16.9 Å². The van der Waals surface area contributed by atoms with Crippen LogP contribution in [0.5, 0.6) is 0 Å². The molecule has 0 saturated heterocycles. The van der Waals surface area contributed by atoms with Crippen LogP contribution < -0.4 is 11.3 Å². The summed E-state index contributed by atoms with van der Waals surface area (Å²) < 4.78 is 39.9. The molecule has 0 spiro atoms. The molecule has 5 nitrogen and oxygen atoms in total. The van der Waals surface area contributed by atoms with Gasteiger partial charge in [0.1, 0.15) is 11.2 Å². The Labute approximate surface area is 123 Å². The lowest BCUT2D eigenvalue weighted by Gasteiger charge is -2.13. The van der Waals surface area contributed by atoms with Gasteiger partial charge in [-0.2, -0.15) is 13.2 Å². The highest BCUT2D eigenvalue weighted by molar-refractivity contribution is 5.87. The summed E-state index contributed by atoms with van der Waals surface area (Å²) in [5.41, 5.74) is 1.57. The second-order valence-corrected chi connectivity index (χ2v) is 4.46. The van der Waals surface area contributed by atoms with Crippen LogP contribution in [0.2, 0.25) is 0 Å². The number of pyridine rings is 1. The van der Waals surface area contributed by atoms with Crippen LogP contribution in [0.4, 0.5) is 19.0 Å². The quantitative estimate of drug-likeness (QED) is 0.562. The van der Waals surface area contributed by atoms with E-state index in [1.807, 2.05) is 0 Å². The number of alkyl halides is 3. The van der Waals surface area contributed by atoms with Crippen LogP contribution in [-0.4, -0.2) is 15.0 Å². The molecule has 8 heteroatoms. The van der Waals surface area contributed by atoms with Gasteiger partial charge in [0.15, 0.2) is 11.5 Å². The molecule has 0 aliphatic rings. The molecule has 0 aliphatic carbocycles. The first kappa shape index (κ1) is 14.2. The molecule has 0 radical (unpaired) electrons. The number of fused-ring (bicyclic) bond motifs is 1. The lowest BCUT2D eigenvalue weighted by Crippen LogP contribution is -2.14. The minimum Gasteiger partial charge on any atom is -0.307 e. The zero-order chi connectivity index (χ0) is 15.7. The van der Waals surface area contributed by atoms with Gasteiger partial charge in [-0.25, -0.2) is 20.8 Å². The van der Waals surface area contributed by atoms with Crippen LogP contribution in [0.15, 0.2) is 42.6 Å². The fraction of sp³-hybridized carbons (Fsp3) is 0.0714. The molecule has 0 unspecified atom stereocenters. The van der Waals surface area contributed by atoms with E-state index >= 15 is 0 Å². The molecule has 0 atom stereocenters. The van der Waals surface area contributed by atoms with Crippen molar-refractivity contribution in [2.24, 2.45) is 5.84 Å². The molecule has 3 aromatic rings. The van der Waals surface area contributed by atoms with E-state index < -0.39 is 11.9 Å². The predicted octanol–water partition coefficient (Wildman–Crippen LogP) is 3.00. The van der Waals surface area contributed by atoms with Gasteiger partial charge in [-0.05, 0) is 6.07 Å². The number of nitrogens with zero attached hydrogens (tertiary/aromatic N) is 3. The van der Waals surface area contributed by atoms with Crippen molar-refractivity contribution in [1.82, 2.24) is 15.0 Å². The average molecular weight is 305 g/mol. The second kappa shape index (κ2) is 5.23. The Balaban J connectivity index is 2.37. The highest BCUT2D eigenvalue weighted by Crippen LogP contribution is 2.36. The van der Waals surface area contributed by atoms with Gasteiger partial charge in [0.25, 0.3) is 0 Å². The number of hydrazine groups is 1. The SMILES string of the molecule is NNc1nccc2nc(C(F)(F)F)c(-c3ccccc3)nc12. The molecule has 3 rings (SSSR count). The van der Waals surface area contributed by atoms with E-state index in [1.165, 1.54) is 24.4 Å². The molecule has 2 aromatic heterocycles. The first-order valence-corrected chi connectivity index (χ1v) is 6.26. The van der Waals surface area contributed by atoms with Gasteiger partial charge in [0.05, 0.1) is 5.52 Å². The predicted molar refractivity (Wildman–Crippen MR) is 75.6 cm³/mol. The number of nitrogen functional groups attached to an aromatic ring is 1. The average Bonchev–Trinajstić information content (AvgIpc) is 2.53. The molecule has 0 fully saturated rings. The molecular formula is C14H10F3N5. The van der Waals surface area contributed by atoms with Crippen LogP contribution >= 0.6 is 0 Å². The van der Waals surface area contributed by atoms with E-state index in [4.69, 9.17) is 5.84 Å². The number of nitrogens with one attached hydrogen (secondary N) is 1. The number of anilines is 1. The van der Waals surface area contributed by atoms with E-state index in [2.05, 4.69) is 20.4 Å². The highest BCUT2D eigenvalue weighted by Gasteiger charge is 2.37. The Kier molecular flexibility index (Phi) is 3.38. The van der Waals surface area contributed by atoms with E-state index in [-0.39, 0.29) is 22.5 Å². The first-order chi connectivity index (χ1) is 10.5. The number of benzene rings is 1. The normalized spacial score (nSPS) is 11.6. The van der Waals surface area contributed by atoms with Crippen molar-refractivity contribution in [3.8, 4) is 11.3 Å². The largest absolute Gasteiger partial charge is 0.435 e. The van der Waals surface area contributed by atoms with Gasteiger partial charge in [-0.3, -0.25) is 0 Å². The van der Waals surface area contributed by atoms with Gasteiger partial charge in [-0.1, -0.05) is 30.3 Å². The molecule has 0 aliphatic heterocycles. The summed E-state index contributed by atoms with van der Waals surface area (Å²) in [4.78, 5) is 11.7. The first-order valence-electron chi connectivity index (χ1n) is 6.26. The van der Waals surface area contributed by atoms with E-state index in [0.29, 0.717) is 5.56 Å². The van der Waals surface area contributed by atoms with Crippen molar-refractivity contribution in [2.75, 3.05) is 5.43 Å². The van der Waals surface area contributed by atoms with Gasteiger partial charge in [0.2, 0.25) is 0 Å². The summed E-state index contributed by atoms with van der Waals surface area (Å²) in [7, 11) is 0. The zero-order valence-electron chi connectivity index (χ0n) is 11.1. The summed E-state index contributed by atoms with van der Waals surface area (Å²) in [5.74, 6) is 5.49. The summed E-state index contributed by atoms with van der Waals surface area (Å²) in [6.07, 6.45) is -3.31. The molecule has 0 saturated carbocycles. The smallest absolute Gasteiger partial charge is 0.307 e. The maximum Gasteiger partial charge on any atom is 0.435 e. The Hall–Kier alpha value is -2.74. The minimum absolute atomic E-state index is 0.0648. The van der Waals surface area contributed by atoms with Gasteiger partial charge in [0, 0.05) is 11.8 Å². The number of rotatable bonds is 2. The van der Waals surface area contributed by atoms with E-state index in [9.17, 15) is 13.2 Å². The lowest BCUT2D eigenvalue weighted by atomic mass is 10.1. The van der Waals surface area contributed by atoms with Gasteiger partial charge in [-0.15, -0.1) is 0 Å². The minimum atomic E-state index is -4.62. The molecule has 1 aromatic carbocycles. The number of nitrogens with two attached hydrogens (primary N) is 1. The van der Waals surface area contributed by atoms with Crippen molar-refractivity contribution in [2.45, 2.75) is 6.18 Å². The third kappa shape index (κ3) is 2.44. The van der Waals surface area contributed by atoms with Crippen molar-refractivity contribution in [3.05, 3.63) is 48.3 Å². The number of hydrogen-bond acceptors (Lipinski definition) is 5. The Bertz CT molecular complexity index is 818. The summed E-state index contributed by atoms with van der Waals surface area (Å²) >= 11 is 0. The van der Waals surface area contributed by atoms with Gasteiger partial charge >= 0.3 is 6.18 Å². The van der Waals surface area contributed by atoms with Crippen molar-refractivity contribution in [1.29, 1.82) is 0 Å². The fourth-order valence-corrected chi connectivity index (χ4v) is 2.08. The molecule has 22 heavy (non-hydrogen) atoms. The summed E-state index contributed by atoms with van der Waals surface area (Å²) in [5, 5.41) is 0. The molecule has 112 valence electrons. The second-order valence-electron chi connectivity index (χ2n) is 4.46. The van der Waals surface area contributed by atoms with Gasteiger partial charge < -0.3 is 5.43 Å². The van der Waals surface area contributed by atoms with E-state index in [1.54, 1.807) is 18.2 Å². The molecule has 0 amide bonds. The molecule has 3 N–H and O–H groups in total. The van der Waals surface area contributed by atoms with Crippen molar-refractivity contribution < 1.29 is 13.2 Å². The van der Waals surface area contributed by atoms with Crippen LogP contribution in [0.3, 0.4) is 0 Å². The summed E-state index contributed by atoms with van der Waals surface area (Å²) in [6.45, 7) is 0. The zero-order valence-corrected chi connectivity index (χ0v) is 11.1. The molecular weight excluding hydrogens is 295 g/mol. The maximum atomic E-state index is 13.3. The molecule has 2 heterocycles. The Morgan fingerprint density at radius 2 is 1.73 bits per heavy atom. The van der Waals surface area contributed by atoms with Crippen LogP contribution in [0, 0.1) is 0 Å². The third-order valence-corrected chi connectivity index (χ3v) is 3.04. The highest BCUT2D eigenvalue weighted by atomic mass is 19.4. The monoisotopic (exact) mass is 305 g/mol. The molecule has 0 bridgehead atoms. The van der Waals surface area contributed by atoms with Crippen LogP contribution in [0.1, 0.15) is 5.69 Å². The fourth-order valence-electron chi connectivity index (χ4n) is 2.08. The topological polar surface area (TPSA) is 76.7 Å². The Morgan fingerprint density at radius 1 is 1.00 bits per heavy atom. The standard InChI is InChI=1S/C14H10F3N5/c15-14(16,17)12-10(8-4-2-1-3-5-8)21-11-9(20-12)6-7-19-13(11)22-18/h1-7H,18H2,(H,19,22). The van der Waals surface area contributed by atoms with Crippen LogP contribution in [-0.2, 0) is 6.18 Å². The van der Waals surface area contributed by atoms with E-state index in [0.717, 1.165) is 0 Å². The summed E-state index contributed by atoms with van der Waals surface area (Å²) in [6, 6.07) is 9.40. The van der Waals surface area contributed by atoms with Crippen molar-refractivity contribution in [3.63, 3.8) is 0 Å². The lowest BCUT2D eigenvalue weighted by molar-refractivity contribution is -0.140. The third-order valence-electron chi connectivity index (χ3n) is 3.04. The maximum absolute atomic E-state index is 13.3. The number of halogens is 3.